The molecule has 0 aromatic heterocycles. The van der Waals surface area contributed by atoms with Crippen LogP contribution in [0.4, 0.5) is 5.69 Å². The maximum absolute atomic E-state index is 12.5. The SMILES string of the molecule is CC1CCCN1C(=O)c1ccc(N(C)C)c(S(=O)(=O)Cl)c1. The second-order valence-corrected chi connectivity index (χ2v) is 8.04. The molecule has 0 bridgehead atoms. The Kier molecular flexibility index (Phi) is 4.49. The molecule has 0 saturated carbocycles. The number of halogens is 1. The minimum Gasteiger partial charge on any atom is -0.377 e. The normalized spacial score (nSPS) is 18.9. The molecule has 0 spiro atoms. The zero-order valence-electron chi connectivity index (χ0n) is 12.3. The molecule has 116 valence electrons. The largest absolute Gasteiger partial charge is 0.377 e. The van der Waals surface area contributed by atoms with Crippen LogP contribution in [0.5, 0.6) is 0 Å². The quantitative estimate of drug-likeness (QED) is 0.798. The van der Waals surface area contributed by atoms with E-state index in [4.69, 9.17) is 10.7 Å². The molecule has 1 amide bonds. The van der Waals surface area contributed by atoms with Crippen molar-refractivity contribution < 1.29 is 13.2 Å². The summed E-state index contributed by atoms with van der Waals surface area (Å²) >= 11 is 0. The number of carbonyl (C=O) groups excluding carboxylic acids is 1. The minimum atomic E-state index is -3.91. The van der Waals surface area contributed by atoms with Crippen LogP contribution in [0.25, 0.3) is 0 Å². The van der Waals surface area contributed by atoms with Crippen molar-refractivity contribution in [2.45, 2.75) is 30.7 Å². The third-order valence-corrected chi connectivity index (χ3v) is 5.12. The van der Waals surface area contributed by atoms with E-state index in [0.29, 0.717) is 17.8 Å². The zero-order chi connectivity index (χ0) is 15.8. The van der Waals surface area contributed by atoms with E-state index in [9.17, 15) is 13.2 Å². The first-order valence-corrected chi connectivity index (χ1v) is 9.09. The van der Waals surface area contributed by atoms with E-state index in [1.165, 1.54) is 6.07 Å². The summed E-state index contributed by atoms with van der Waals surface area (Å²) in [6, 6.07) is 4.81. The Morgan fingerprint density at radius 3 is 2.52 bits per heavy atom. The summed E-state index contributed by atoms with van der Waals surface area (Å²) in [4.78, 5) is 15.9. The highest BCUT2D eigenvalue weighted by atomic mass is 35.7. The number of nitrogens with zero attached hydrogens (tertiary/aromatic N) is 2. The van der Waals surface area contributed by atoms with E-state index in [1.807, 2.05) is 6.92 Å². The Labute approximate surface area is 129 Å². The Morgan fingerprint density at radius 2 is 2.05 bits per heavy atom. The van der Waals surface area contributed by atoms with Gasteiger partial charge in [-0.05, 0) is 38.0 Å². The molecule has 1 heterocycles. The van der Waals surface area contributed by atoms with Crippen molar-refractivity contribution in [1.82, 2.24) is 4.90 Å². The van der Waals surface area contributed by atoms with Gasteiger partial charge in [-0.3, -0.25) is 4.79 Å². The van der Waals surface area contributed by atoms with E-state index in [2.05, 4.69) is 0 Å². The fourth-order valence-electron chi connectivity index (χ4n) is 2.61. The summed E-state index contributed by atoms with van der Waals surface area (Å²) in [6.07, 6.45) is 1.95. The van der Waals surface area contributed by atoms with E-state index in [-0.39, 0.29) is 16.8 Å². The molecule has 1 fully saturated rings. The number of benzene rings is 1. The maximum atomic E-state index is 12.5. The van der Waals surface area contributed by atoms with Crippen molar-refractivity contribution in [1.29, 1.82) is 0 Å². The maximum Gasteiger partial charge on any atom is 0.263 e. The van der Waals surface area contributed by atoms with Gasteiger partial charge in [0.2, 0.25) is 0 Å². The Hall–Kier alpha value is -1.27. The number of hydrogen-bond donors (Lipinski definition) is 0. The Bertz CT molecular complexity index is 658. The van der Waals surface area contributed by atoms with Gasteiger partial charge in [-0.2, -0.15) is 0 Å². The lowest BCUT2D eigenvalue weighted by Crippen LogP contribution is -2.33. The molecular weight excluding hydrogens is 312 g/mol. The van der Waals surface area contributed by atoms with Crippen LogP contribution in [0.15, 0.2) is 23.1 Å². The average Bonchev–Trinajstić information content (AvgIpc) is 2.82. The summed E-state index contributed by atoms with van der Waals surface area (Å²) in [5.41, 5.74) is 0.824. The number of carbonyl (C=O) groups is 1. The number of anilines is 1. The molecule has 1 atom stereocenters. The summed E-state index contributed by atoms with van der Waals surface area (Å²) in [5, 5.41) is 0. The molecule has 21 heavy (non-hydrogen) atoms. The highest BCUT2D eigenvalue weighted by Crippen LogP contribution is 2.29. The van der Waals surface area contributed by atoms with E-state index in [1.54, 1.807) is 36.0 Å². The van der Waals surface area contributed by atoms with Gasteiger partial charge in [0.1, 0.15) is 4.90 Å². The van der Waals surface area contributed by atoms with Crippen LogP contribution >= 0.6 is 10.7 Å². The van der Waals surface area contributed by atoms with Crippen LogP contribution in [-0.4, -0.2) is 45.9 Å². The standard InChI is InChI=1S/C14H19ClN2O3S/c1-10-5-4-8-17(10)14(18)11-6-7-12(16(2)3)13(9-11)21(15,19)20/h6-7,9-10H,4-5,8H2,1-3H3. The zero-order valence-corrected chi connectivity index (χ0v) is 13.9. The van der Waals surface area contributed by atoms with Crippen LogP contribution in [0.2, 0.25) is 0 Å². The molecule has 0 aliphatic carbocycles. The lowest BCUT2D eigenvalue weighted by molar-refractivity contribution is 0.0747. The van der Waals surface area contributed by atoms with E-state index >= 15 is 0 Å². The second-order valence-electron chi connectivity index (χ2n) is 5.50. The van der Waals surface area contributed by atoms with Crippen molar-refractivity contribution in [3.63, 3.8) is 0 Å². The van der Waals surface area contributed by atoms with Gasteiger partial charge in [-0.25, -0.2) is 8.42 Å². The van der Waals surface area contributed by atoms with Crippen molar-refractivity contribution in [2.75, 3.05) is 25.5 Å². The summed E-state index contributed by atoms with van der Waals surface area (Å²) in [6.45, 7) is 2.71. The van der Waals surface area contributed by atoms with Gasteiger partial charge in [0.15, 0.2) is 0 Å². The van der Waals surface area contributed by atoms with Gasteiger partial charge >= 0.3 is 0 Å². The fraction of sp³-hybridized carbons (Fsp3) is 0.500. The topological polar surface area (TPSA) is 57.7 Å². The fourth-order valence-corrected chi connectivity index (χ4v) is 3.75. The minimum absolute atomic E-state index is 0.0353. The van der Waals surface area contributed by atoms with E-state index < -0.39 is 9.05 Å². The van der Waals surface area contributed by atoms with Gasteiger partial charge < -0.3 is 9.80 Å². The summed E-state index contributed by atoms with van der Waals surface area (Å²) in [7, 11) is 5.04. The van der Waals surface area contributed by atoms with Crippen molar-refractivity contribution in [3.8, 4) is 0 Å². The lowest BCUT2D eigenvalue weighted by Gasteiger charge is -2.22. The van der Waals surface area contributed by atoms with Gasteiger partial charge in [0.05, 0.1) is 5.69 Å². The molecule has 1 saturated heterocycles. The Morgan fingerprint density at radius 1 is 1.38 bits per heavy atom. The predicted octanol–water partition coefficient (Wildman–Crippen LogP) is 2.30. The number of likely N-dealkylation sites (tertiary alicyclic amines) is 1. The van der Waals surface area contributed by atoms with Crippen LogP contribution in [0.3, 0.4) is 0 Å². The van der Waals surface area contributed by atoms with Crippen molar-refractivity contribution in [2.24, 2.45) is 0 Å². The van der Waals surface area contributed by atoms with Gasteiger partial charge in [-0.1, -0.05) is 0 Å². The number of amides is 1. The number of hydrogen-bond acceptors (Lipinski definition) is 4. The second kappa shape index (κ2) is 5.85. The predicted molar refractivity (Wildman–Crippen MR) is 83.5 cm³/mol. The van der Waals surface area contributed by atoms with Crippen LogP contribution < -0.4 is 4.90 Å². The van der Waals surface area contributed by atoms with Crippen LogP contribution in [0.1, 0.15) is 30.1 Å². The first-order valence-electron chi connectivity index (χ1n) is 6.79. The average molecular weight is 331 g/mol. The number of rotatable bonds is 3. The highest BCUT2D eigenvalue weighted by Gasteiger charge is 2.27. The third-order valence-electron chi connectivity index (χ3n) is 3.77. The molecule has 2 rings (SSSR count). The van der Waals surface area contributed by atoms with Crippen molar-refractivity contribution >= 4 is 31.3 Å². The first kappa shape index (κ1) is 16.1. The molecule has 1 aliphatic heterocycles. The third kappa shape index (κ3) is 3.32. The molecule has 0 N–H and O–H groups in total. The van der Waals surface area contributed by atoms with Gasteiger partial charge in [0.25, 0.3) is 15.0 Å². The molecule has 1 unspecified atom stereocenters. The van der Waals surface area contributed by atoms with Gasteiger partial charge in [-0.15, -0.1) is 0 Å². The molecule has 7 heteroatoms. The van der Waals surface area contributed by atoms with Crippen LogP contribution in [0, 0.1) is 0 Å². The molecule has 1 aromatic rings. The molecule has 1 aromatic carbocycles. The smallest absolute Gasteiger partial charge is 0.263 e. The van der Waals surface area contributed by atoms with Crippen LogP contribution in [-0.2, 0) is 9.05 Å². The molecule has 1 aliphatic rings. The summed E-state index contributed by atoms with van der Waals surface area (Å²) in [5.74, 6) is -0.146. The van der Waals surface area contributed by atoms with Crippen molar-refractivity contribution in [3.05, 3.63) is 23.8 Å². The summed E-state index contributed by atoms with van der Waals surface area (Å²) < 4.78 is 23.5. The lowest BCUT2D eigenvalue weighted by atomic mass is 10.1. The first-order chi connectivity index (χ1) is 9.71. The molecule has 0 radical (unpaired) electrons. The molecule has 5 nitrogen and oxygen atoms in total. The molecular formula is C14H19ClN2O3S. The van der Waals surface area contributed by atoms with E-state index in [0.717, 1.165) is 12.8 Å². The van der Waals surface area contributed by atoms with Gasteiger partial charge in [0, 0.05) is 42.9 Å². The Balaban J connectivity index is 2.45. The highest BCUT2D eigenvalue weighted by molar-refractivity contribution is 8.13. The monoisotopic (exact) mass is 330 g/mol.